The Hall–Kier alpha value is -1.06. The smallest absolute Gasteiger partial charge is 0.119 e. The highest BCUT2D eigenvalue weighted by molar-refractivity contribution is 5.20. The normalized spacial score (nSPS) is 21.2. The molecule has 2 N–H and O–H groups in total. The predicted octanol–water partition coefficient (Wildman–Crippen LogP) is 1.02. The van der Waals surface area contributed by atoms with Crippen molar-refractivity contribution in [3.05, 3.63) is 30.3 Å². The molecule has 1 saturated heterocycles. The summed E-state index contributed by atoms with van der Waals surface area (Å²) >= 11 is 0. The van der Waals surface area contributed by atoms with Crippen LogP contribution >= 0.6 is 0 Å². The summed E-state index contributed by atoms with van der Waals surface area (Å²) in [7, 11) is 0. The highest BCUT2D eigenvalue weighted by atomic mass is 16.5. The van der Waals surface area contributed by atoms with Gasteiger partial charge in [-0.15, -0.1) is 0 Å². The van der Waals surface area contributed by atoms with Crippen LogP contribution in [0.5, 0.6) is 5.75 Å². The summed E-state index contributed by atoms with van der Waals surface area (Å²) in [5.74, 6) is 0.960. The molecule has 1 aromatic carbocycles. The van der Waals surface area contributed by atoms with E-state index in [0.717, 1.165) is 38.4 Å². The van der Waals surface area contributed by atoms with Gasteiger partial charge in [-0.05, 0) is 18.6 Å². The largest absolute Gasteiger partial charge is 0.494 e. The summed E-state index contributed by atoms with van der Waals surface area (Å²) in [6.45, 7) is 3.98. The number of hydrogen-bond acceptors (Lipinski definition) is 3. The molecular formula is C12H18N2O. The van der Waals surface area contributed by atoms with Crippen molar-refractivity contribution in [2.24, 2.45) is 0 Å². The molecule has 1 fully saturated rings. The fraction of sp³-hybridized carbons (Fsp3) is 0.500. The van der Waals surface area contributed by atoms with Crippen molar-refractivity contribution in [2.75, 3.05) is 26.2 Å². The Balaban J connectivity index is 1.66. The van der Waals surface area contributed by atoms with E-state index in [-0.39, 0.29) is 0 Å². The van der Waals surface area contributed by atoms with Gasteiger partial charge in [0.15, 0.2) is 0 Å². The van der Waals surface area contributed by atoms with Crippen LogP contribution in [-0.4, -0.2) is 32.3 Å². The van der Waals surface area contributed by atoms with Crippen LogP contribution in [0.3, 0.4) is 0 Å². The fourth-order valence-electron chi connectivity index (χ4n) is 1.75. The van der Waals surface area contributed by atoms with Crippen LogP contribution in [-0.2, 0) is 0 Å². The summed E-state index contributed by atoms with van der Waals surface area (Å²) < 4.78 is 5.64. The zero-order chi connectivity index (χ0) is 10.3. The Labute approximate surface area is 90.8 Å². The molecule has 15 heavy (non-hydrogen) atoms. The van der Waals surface area contributed by atoms with Crippen LogP contribution in [0.15, 0.2) is 30.3 Å². The van der Waals surface area contributed by atoms with Gasteiger partial charge in [0.1, 0.15) is 5.75 Å². The first kappa shape index (κ1) is 10.5. The van der Waals surface area contributed by atoms with E-state index in [1.807, 2.05) is 30.3 Å². The van der Waals surface area contributed by atoms with Gasteiger partial charge in [-0.3, -0.25) is 0 Å². The van der Waals surface area contributed by atoms with Crippen molar-refractivity contribution < 1.29 is 4.74 Å². The van der Waals surface area contributed by atoms with Crippen LogP contribution < -0.4 is 15.4 Å². The third-order valence-corrected chi connectivity index (χ3v) is 2.60. The first-order valence-corrected chi connectivity index (χ1v) is 5.57. The zero-order valence-corrected chi connectivity index (χ0v) is 8.91. The lowest BCUT2D eigenvalue weighted by Crippen LogP contribution is -2.48. The second-order valence-corrected chi connectivity index (χ2v) is 3.81. The molecule has 3 nitrogen and oxygen atoms in total. The van der Waals surface area contributed by atoms with Gasteiger partial charge in [-0.2, -0.15) is 0 Å². The molecule has 0 spiro atoms. The predicted molar refractivity (Wildman–Crippen MR) is 61.2 cm³/mol. The molecule has 2 rings (SSSR count). The SMILES string of the molecule is c1ccc(OCC[C@@H]2CNCCN2)cc1. The molecule has 0 aliphatic carbocycles. The minimum atomic E-state index is 0.558. The standard InChI is InChI=1S/C12H18N2O/c1-2-4-12(5-3-1)15-9-6-11-10-13-7-8-14-11/h1-5,11,13-14H,6-10H2/t11-/m1/s1. The maximum Gasteiger partial charge on any atom is 0.119 e. The van der Waals surface area contributed by atoms with Crippen LogP contribution in [0.2, 0.25) is 0 Å². The van der Waals surface area contributed by atoms with Crippen LogP contribution in [0.1, 0.15) is 6.42 Å². The molecule has 3 heteroatoms. The molecule has 82 valence electrons. The van der Waals surface area contributed by atoms with Crippen molar-refractivity contribution in [1.82, 2.24) is 10.6 Å². The maximum atomic E-state index is 5.64. The average molecular weight is 206 g/mol. The topological polar surface area (TPSA) is 33.3 Å². The summed E-state index contributed by atoms with van der Waals surface area (Å²) in [6, 6.07) is 10.5. The Morgan fingerprint density at radius 3 is 2.80 bits per heavy atom. The molecule has 1 heterocycles. The monoisotopic (exact) mass is 206 g/mol. The van der Waals surface area contributed by atoms with E-state index < -0.39 is 0 Å². The van der Waals surface area contributed by atoms with E-state index in [0.29, 0.717) is 6.04 Å². The summed E-state index contributed by atoms with van der Waals surface area (Å²) in [6.07, 6.45) is 1.06. The van der Waals surface area contributed by atoms with Gasteiger partial charge < -0.3 is 15.4 Å². The van der Waals surface area contributed by atoms with Crippen molar-refractivity contribution in [3.63, 3.8) is 0 Å². The van der Waals surface area contributed by atoms with Crippen LogP contribution in [0.4, 0.5) is 0 Å². The van der Waals surface area contributed by atoms with Crippen molar-refractivity contribution in [1.29, 1.82) is 0 Å². The lowest BCUT2D eigenvalue weighted by Gasteiger charge is -2.24. The van der Waals surface area contributed by atoms with Gasteiger partial charge >= 0.3 is 0 Å². The summed E-state index contributed by atoms with van der Waals surface area (Å²) in [5, 5.41) is 6.83. The Morgan fingerprint density at radius 1 is 1.20 bits per heavy atom. The van der Waals surface area contributed by atoms with Crippen molar-refractivity contribution in [3.8, 4) is 5.75 Å². The first-order valence-electron chi connectivity index (χ1n) is 5.57. The number of ether oxygens (including phenoxy) is 1. The molecule has 0 saturated carbocycles. The molecule has 1 aromatic rings. The molecule has 0 unspecified atom stereocenters. The minimum Gasteiger partial charge on any atom is -0.494 e. The van der Waals surface area contributed by atoms with Gasteiger partial charge in [-0.25, -0.2) is 0 Å². The highest BCUT2D eigenvalue weighted by Gasteiger charge is 2.11. The molecule has 1 aliphatic rings. The number of benzene rings is 1. The molecule has 0 radical (unpaired) electrons. The zero-order valence-electron chi connectivity index (χ0n) is 8.91. The van der Waals surface area contributed by atoms with Gasteiger partial charge in [0.05, 0.1) is 6.61 Å². The summed E-state index contributed by atoms with van der Waals surface area (Å²) in [4.78, 5) is 0. The van der Waals surface area contributed by atoms with E-state index in [1.54, 1.807) is 0 Å². The number of hydrogen-bond donors (Lipinski definition) is 2. The Kier molecular flexibility index (Phi) is 4.00. The Bertz CT molecular complexity index is 270. The van der Waals surface area contributed by atoms with E-state index in [1.165, 1.54) is 0 Å². The molecular weight excluding hydrogens is 188 g/mol. The highest BCUT2D eigenvalue weighted by Crippen LogP contribution is 2.08. The number of piperazine rings is 1. The fourth-order valence-corrected chi connectivity index (χ4v) is 1.75. The van der Waals surface area contributed by atoms with Crippen molar-refractivity contribution in [2.45, 2.75) is 12.5 Å². The quantitative estimate of drug-likeness (QED) is 0.771. The number of nitrogens with one attached hydrogen (secondary N) is 2. The third-order valence-electron chi connectivity index (χ3n) is 2.60. The third kappa shape index (κ3) is 3.53. The molecule has 0 amide bonds. The van der Waals surface area contributed by atoms with E-state index in [9.17, 15) is 0 Å². The maximum absolute atomic E-state index is 5.64. The lowest BCUT2D eigenvalue weighted by atomic mass is 10.2. The second-order valence-electron chi connectivity index (χ2n) is 3.81. The number of rotatable bonds is 4. The molecule has 1 aliphatic heterocycles. The molecule has 0 aromatic heterocycles. The van der Waals surface area contributed by atoms with Gasteiger partial charge in [0, 0.05) is 25.7 Å². The lowest BCUT2D eigenvalue weighted by molar-refractivity contribution is 0.273. The van der Waals surface area contributed by atoms with Crippen molar-refractivity contribution >= 4 is 0 Å². The first-order chi connectivity index (χ1) is 7.45. The van der Waals surface area contributed by atoms with E-state index >= 15 is 0 Å². The van der Waals surface area contributed by atoms with E-state index in [2.05, 4.69) is 10.6 Å². The van der Waals surface area contributed by atoms with Gasteiger partial charge in [-0.1, -0.05) is 18.2 Å². The second kappa shape index (κ2) is 5.73. The average Bonchev–Trinajstić information content (AvgIpc) is 2.32. The molecule has 0 bridgehead atoms. The minimum absolute atomic E-state index is 0.558. The summed E-state index contributed by atoms with van der Waals surface area (Å²) in [5.41, 5.74) is 0. The van der Waals surface area contributed by atoms with Gasteiger partial charge in [0.25, 0.3) is 0 Å². The number of para-hydroxylation sites is 1. The Morgan fingerprint density at radius 2 is 2.07 bits per heavy atom. The van der Waals surface area contributed by atoms with E-state index in [4.69, 9.17) is 4.74 Å². The van der Waals surface area contributed by atoms with Crippen LogP contribution in [0.25, 0.3) is 0 Å². The van der Waals surface area contributed by atoms with Gasteiger partial charge in [0.2, 0.25) is 0 Å². The van der Waals surface area contributed by atoms with Crippen LogP contribution in [0, 0.1) is 0 Å². The molecule has 1 atom stereocenters.